The monoisotopic (exact) mass is 355 g/mol. The number of carbonyl (C=O) groups is 3. The maximum atomic E-state index is 12.3. The van der Waals surface area contributed by atoms with Gasteiger partial charge in [-0.3, -0.25) is 30.1 Å². The minimum absolute atomic E-state index is 0.0616. The number of hydrogen-bond acceptors (Lipinski definition) is 5. The zero-order chi connectivity index (χ0) is 18.7. The summed E-state index contributed by atoms with van der Waals surface area (Å²) in [6.07, 6.45) is -0.709. The van der Waals surface area contributed by atoms with Gasteiger partial charge in [-0.1, -0.05) is 18.2 Å². The Bertz CT molecular complexity index is 867. The molecule has 0 aromatic heterocycles. The van der Waals surface area contributed by atoms with Crippen LogP contribution in [0.25, 0.3) is 0 Å². The van der Waals surface area contributed by atoms with Crippen molar-refractivity contribution in [2.45, 2.75) is 13.0 Å². The van der Waals surface area contributed by atoms with E-state index in [9.17, 15) is 19.5 Å². The van der Waals surface area contributed by atoms with E-state index in [0.717, 1.165) is 0 Å². The number of hydrogen-bond donors (Lipinski definition) is 3. The normalized spacial score (nSPS) is 15.7. The van der Waals surface area contributed by atoms with Crippen molar-refractivity contribution >= 4 is 23.4 Å². The number of rotatable bonds is 3. The van der Waals surface area contributed by atoms with Crippen molar-refractivity contribution in [1.82, 2.24) is 10.9 Å². The molecule has 3 N–H and O–H groups in total. The summed E-state index contributed by atoms with van der Waals surface area (Å²) in [4.78, 5) is 37.8. The Morgan fingerprint density at radius 1 is 1.15 bits per heavy atom. The minimum atomic E-state index is -0.709. The van der Waals surface area contributed by atoms with E-state index < -0.39 is 17.9 Å². The quantitative estimate of drug-likeness (QED) is 0.711. The van der Waals surface area contributed by atoms with Gasteiger partial charge in [-0.2, -0.15) is 0 Å². The summed E-state index contributed by atoms with van der Waals surface area (Å²) in [7, 11) is 0. The number of phenols is 1. The average molecular weight is 355 g/mol. The van der Waals surface area contributed by atoms with Gasteiger partial charge in [0.25, 0.3) is 17.7 Å². The Labute approximate surface area is 149 Å². The molecule has 134 valence electrons. The molecule has 0 fully saturated rings. The van der Waals surface area contributed by atoms with Crippen LogP contribution in [0.1, 0.15) is 17.3 Å². The zero-order valence-electron chi connectivity index (χ0n) is 13.9. The lowest BCUT2D eigenvalue weighted by atomic mass is 10.2. The molecule has 26 heavy (non-hydrogen) atoms. The first kappa shape index (κ1) is 17.3. The largest absolute Gasteiger partial charge is 0.508 e. The Hall–Kier alpha value is -3.55. The number of para-hydroxylation sites is 2. The third-order valence-corrected chi connectivity index (χ3v) is 3.80. The maximum Gasteiger partial charge on any atom is 0.269 e. The van der Waals surface area contributed by atoms with Gasteiger partial charge >= 0.3 is 0 Å². The van der Waals surface area contributed by atoms with Gasteiger partial charge in [0, 0.05) is 5.56 Å². The van der Waals surface area contributed by atoms with Crippen LogP contribution in [0.5, 0.6) is 11.5 Å². The number of nitrogens with one attached hydrogen (secondary N) is 2. The van der Waals surface area contributed by atoms with Gasteiger partial charge in [-0.15, -0.1) is 0 Å². The van der Waals surface area contributed by atoms with E-state index in [0.29, 0.717) is 11.4 Å². The van der Waals surface area contributed by atoms with E-state index in [1.807, 2.05) is 0 Å². The van der Waals surface area contributed by atoms with Crippen LogP contribution in [-0.2, 0) is 9.59 Å². The second kappa shape index (κ2) is 7.14. The van der Waals surface area contributed by atoms with Gasteiger partial charge in [0.15, 0.2) is 6.10 Å². The van der Waals surface area contributed by atoms with Gasteiger partial charge in [-0.05, 0) is 37.3 Å². The summed E-state index contributed by atoms with van der Waals surface area (Å²) in [5.74, 6) is -1.06. The van der Waals surface area contributed by atoms with Gasteiger partial charge in [0.05, 0.1) is 5.69 Å². The number of carbonyl (C=O) groups excluding carboxylic acids is 3. The molecule has 1 atom stereocenters. The molecule has 0 aliphatic carbocycles. The molecule has 0 radical (unpaired) electrons. The molecule has 0 unspecified atom stereocenters. The summed E-state index contributed by atoms with van der Waals surface area (Å²) in [5, 5.41) is 9.38. The van der Waals surface area contributed by atoms with Crippen LogP contribution in [0, 0.1) is 0 Å². The lowest BCUT2D eigenvalue weighted by Gasteiger charge is -2.32. The van der Waals surface area contributed by atoms with Crippen LogP contribution in [-0.4, -0.2) is 35.5 Å². The fraction of sp³-hybridized carbons (Fsp3) is 0.167. The van der Waals surface area contributed by atoms with E-state index >= 15 is 0 Å². The molecule has 1 aliphatic rings. The number of fused-ring (bicyclic) bond motifs is 1. The molecule has 0 spiro atoms. The van der Waals surface area contributed by atoms with Crippen molar-refractivity contribution in [3.63, 3.8) is 0 Å². The van der Waals surface area contributed by atoms with Gasteiger partial charge in [-0.25, -0.2) is 0 Å². The van der Waals surface area contributed by atoms with Crippen molar-refractivity contribution in [2.24, 2.45) is 0 Å². The number of anilines is 1. The van der Waals surface area contributed by atoms with Crippen molar-refractivity contribution in [3.05, 3.63) is 54.1 Å². The average Bonchev–Trinajstić information content (AvgIpc) is 2.63. The topological polar surface area (TPSA) is 108 Å². The molecule has 0 bridgehead atoms. The fourth-order valence-corrected chi connectivity index (χ4v) is 2.55. The summed E-state index contributed by atoms with van der Waals surface area (Å²) in [6.45, 7) is 1.33. The predicted molar refractivity (Wildman–Crippen MR) is 92.6 cm³/mol. The summed E-state index contributed by atoms with van der Waals surface area (Å²) >= 11 is 0. The third-order valence-electron chi connectivity index (χ3n) is 3.80. The lowest BCUT2D eigenvalue weighted by molar-refractivity contribution is -0.128. The minimum Gasteiger partial charge on any atom is -0.508 e. The Kier molecular flexibility index (Phi) is 4.74. The number of aromatic hydroxyl groups is 1. The van der Waals surface area contributed by atoms with Crippen molar-refractivity contribution < 1.29 is 24.2 Å². The second-order valence-electron chi connectivity index (χ2n) is 5.70. The van der Waals surface area contributed by atoms with E-state index in [-0.39, 0.29) is 23.8 Å². The van der Waals surface area contributed by atoms with E-state index in [1.54, 1.807) is 31.2 Å². The molecule has 0 saturated carbocycles. The van der Waals surface area contributed by atoms with Crippen molar-refractivity contribution in [3.8, 4) is 11.5 Å². The molecule has 3 rings (SSSR count). The summed E-state index contributed by atoms with van der Waals surface area (Å²) < 4.78 is 5.51. The number of benzene rings is 2. The standard InChI is InChI=1S/C18H17N3O5/c1-11-18(25)21(14-7-2-3-8-15(14)26-11)10-16(23)19-20-17(24)12-5-4-6-13(22)9-12/h2-9,11,22H,10H2,1H3,(H,19,23)(H,20,24)/t11-/m1/s1. The van der Waals surface area contributed by atoms with Crippen LogP contribution in [0.2, 0.25) is 0 Å². The highest BCUT2D eigenvalue weighted by atomic mass is 16.5. The Morgan fingerprint density at radius 2 is 1.92 bits per heavy atom. The SMILES string of the molecule is C[C@H]1Oc2ccccc2N(CC(=O)NNC(=O)c2cccc(O)c2)C1=O. The fourth-order valence-electron chi connectivity index (χ4n) is 2.55. The number of hydrazine groups is 1. The highest BCUT2D eigenvalue weighted by Crippen LogP contribution is 2.33. The van der Waals surface area contributed by atoms with Crippen LogP contribution < -0.4 is 20.5 Å². The van der Waals surface area contributed by atoms with Crippen LogP contribution in [0.3, 0.4) is 0 Å². The number of amides is 3. The molecule has 1 heterocycles. The molecular weight excluding hydrogens is 338 g/mol. The second-order valence-corrected chi connectivity index (χ2v) is 5.70. The van der Waals surface area contributed by atoms with E-state index in [4.69, 9.17) is 4.74 Å². The highest BCUT2D eigenvalue weighted by molar-refractivity contribution is 6.04. The highest BCUT2D eigenvalue weighted by Gasteiger charge is 2.32. The first-order valence-corrected chi connectivity index (χ1v) is 7.91. The first-order chi connectivity index (χ1) is 12.5. The van der Waals surface area contributed by atoms with Crippen LogP contribution in [0.15, 0.2) is 48.5 Å². The third kappa shape index (κ3) is 3.59. The molecule has 8 nitrogen and oxygen atoms in total. The van der Waals surface area contributed by atoms with E-state index in [2.05, 4.69) is 10.9 Å². The summed E-state index contributed by atoms with van der Waals surface area (Å²) in [6, 6.07) is 12.6. The van der Waals surface area contributed by atoms with Crippen LogP contribution >= 0.6 is 0 Å². The number of nitrogens with zero attached hydrogens (tertiary/aromatic N) is 1. The number of phenolic OH excluding ortho intramolecular Hbond substituents is 1. The molecule has 2 aromatic rings. The first-order valence-electron chi connectivity index (χ1n) is 7.91. The van der Waals surface area contributed by atoms with E-state index in [1.165, 1.54) is 29.2 Å². The Morgan fingerprint density at radius 3 is 2.69 bits per heavy atom. The molecule has 3 amide bonds. The predicted octanol–water partition coefficient (Wildman–Crippen LogP) is 0.967. The maximum absolute atomic E-state index is 12.3. The van der Waals surface area contributed by atoms with Crippen molar-refractivity contribution in [2.75, 3.05) is 11.4 Å². The van der Waals surface area contributed by atoms with Gasteiger partial charge in [0.2, 0.25) is 0 Å². The molecule has 2 aromatic carbocycles. The molecular formula is C18H17N3O5. The van der Waals surface area contributed by atoms with Gasteiger partial charge in [0.1, 0.15) is 18.0 Å². The number of ether oxygens (including phenoxy) is 1. The van der Waals surface area contributed by atoms with Crippen molar-refractivity contribution in [1.29, 1.82) is 0 Å². The smallest absolute Gasteiger partial charge is 0.269 e. The zero-order valence-corrected chi connectivity index (χ0v) is 13.9. The lowest BCUT2D eigenvalue weighted by Crippen LogP contribution is -2.51. The molecule has 1 aliphatic heterocycles. The molecule has 8 heteroatoms. The Balaban J connectivity index is 1.64. The van der Waals surface area contributed by atoms with Crippen LogP contribution in [0.4, 0.5) is 5.69 Å². The van der Waals surface area contributed by atoms with Gasteiger partial charge < -0.3 is 9.84 Å². The summed E-state index contributed by atoms with van der Waals surface area (Å²) in [5.41, 5.74) is 5.18. The molecule has 0 saturated heterocycles.